The third kappa shape index (κ3) is 6.08. The number of carbonyl (C=O) groups is 4. The summed E-state index contributed by atoms with van der Waals surface area (Å²) in [4.78, 5) is 49.9. The van der Waals surface area contributed by atoms with Crippen molar-refractivity contribution in [3.05, 3.63) is 0 Å². The van der Waals surface area contributed by atoms with E-state index in [-0.39, 0.29) is 17.6 Å². The lowest BCUT2D eigenvalue weighted by atomic mass is 9.98. The Morgan fingerprint density at radius 3 is 2.39 bits per heavy atom. The molecule has 0 aromatic rings. The number of aliphatic hydroxyl groups excluding tert-OH is 1. The van der Waals surface area contributed by atoms with E-state index in [1.165, 1.54) is 4.90 Å². The molecule has 0 spiro atoms. The van der Waals surface area contributed by atoms with Crippen LogP contribution in [0.25, 0.3) is 0 Å². The average Bonchev–Trinajstić information content (AvgIpc) is 3.17. The van der Waals surface area contributed by atoms with Crippen molar-refractivity contribution in [2.45, 2.75) is 57.3 Å². The fraction of sp³-hybridized carbons (Fsp3) is 0.765. The molecule has 1 heterocycles. The summed E-state index contributed by atoms with van der Waals surface area (Å²) in [5, 5.41) is 22.6. The van der Waals surface area contributed by atoms with E-state index in [2.05, 4.69) is 23.3 Å². The number of hydrogen-bond donors (Lipinski definition) is 6. The van der Waals surface area contributed by atoms with Crippen LogP contribution < -0.4 is 16.4 Å². The van der Waals surface area contributed by atoms with Crippen LogP contribution in [-0.2, 0) is 19.2 Å². The number of hydrogen-bond acceptors (Lipinski definition) is 7. The fourth-order valence-corrected chi connectivity index (χ4v) is 3.17. The van der Waals surface area contributed by atoms with Crippen LogP contribution in [0.4, 0.5) is 0 Å². The Kier molecular flexibility index (Phi) is 9.70. The van der Waals surface area contributed by atoms with Gasteiger partial charge in [-0.15, -0.1) is 0 Å². The summed E-state index contributed by atoms with van der Waals surface area (Å²) in [6, 6.07) is -4.04. The summed E-state index contributed by atoms with van der Waals surface area (Å²) in [6.07, 6.45) is 1.82. The molecular formula is C17H30N4O6S. The van der Waals surface area contributed by atoms with Gasteiger partial charge in [-0.1, -0.05) is 20.3 Å². The predicted molar refractivity (Wildman–Crippen MR) is 105 cm³/mol. The summed E-state index contributed by atoms with van der Waals surface area (Å²) >= 11 is 4.02. The first kappa shape index (κ1) is 24.2. The number of nitrogens with one attached hydrogen (secondary N) is 2. The molecule has 10 nitrogen and oxygen atoms in total. The Labute approximate surface area is 169 Å². The lowest BCUT2D eigenvalue weighted by Crippen LogP contribution is -2.58. The van der Waals surface area contributed by atoms with E-state index in [1.54, 1.807) is 0 Å². The molecule has 0 radical (unpaired) electrons. The highest BCUT2D eigenvalue weighted by Gasteiger charge is 2.38. The molecule has 1 rings (SSSR count). The maximum Gasteiger partial charge on any atom is 0.328 e. The van der Waals surface area contributed by atoms with Crippen molar-refractivity contribution in [3.8, 4) is 0 Å². The third-order valence-corrected chi connectivity index (χ3v) is 5.36. The minimum Gasteiger partial charge on any atom is -0.480 e. The molecule has 5 atom stereocenters. The zero-order valence-electron chi connectivity index (χ0n) is 16.1. The van der Waals surface area contributed by atoms with Crippen molar-refractivity contribution in [1.29, 1.82) is 0 Å². The van der Waals surface area contributed by atoms with Crippen LogP contribution in [0.3, 0.4) is 0 Å². The number of nitrogens with zero attached hydrogens (tertiary/aromatic N) is 1. The predicted octanol–water partition coefficient (Wildman–Crippen LogP) is -1.67. The van der Waals surface area contributed by atoms with Gasteiger partial charge >= 0.3 is 5.97 Å². The Bertz CT molecular complexity index is 590. The van der Waals surface area contributed by atoms with Crippen molar-refractivity contribution < 1.29 is 29.4 Å². The molecule has 1 aliphatic heterocycles. The van der Waals surface area contributed by atoms with Gasteiger partial charge in [0.1, 0.15) is 18.1 Å². The number of nitrogens with two attached hydrogens (primary N) is 1. The highest BCUT2D eigenvalue weighted by atomic mass is 32.1. The van der Waals surface area contributed by atoms with Crippen LogP contribution in [0.1, 0.15) is 33.1 Å². The van der Waals surface area contributed by atoms with Crippen molar-refractivity contribution in [3.63, 3.8) is 0 Å². The number of carboxylic acid groups (broad SMARTS) is 1. The van der Waals surface area contributed by atoms with Gasteiger partial charge in [0.2, 0.25) is 17.7 Å². The number of carboxylic acids is 1. The van der Waals surface area contributed by atoms with E-state index < -0.39 is 48.6 Å². The van der Waals surface area contributed by atoms with E-state index in [1.807, 2.05) is 13.8 Å². The second-order valence-electron chi connectivity index (χ2n) is 6.93. The van der Waals surface area contributed by atoms with Gasteiger partial charge in [-0.3, -0.25) is 14.4 Å². The van der Waals surface area contributed by atoms with Crippen LogP contribution in [0, 0.1) is 5.92 Å². The van der Waals surface area contributed by atoms with Gasteiger partial charge in [-0.25, -0.2) is 4.79 Å². The molecule has 0 aromatic carbocycles. The lowest BCUT2D eigenvalue weighted by molar-refractivity contribution is -0.144. The maximum absolute atomic E-state index is 12.7. The number of likely N-dealkylation sites (tertiary alicyclic amines) is 1. The topological polar surface area (TPSA) is 162 Å². The molecular weight excluding hydrogens is 388 g/mol. The molecule has 5 unspecified atom stereocenters. The molecule has 3 amide bonds. The second-order valence-corrected chi connectivity index (χ2v) is 7.29. The van der Waals surface area contributed by atoms with Gasteiger partial charge in [0.15, 0.2) is 0 Å². The Morgan fingerprint density at radius 1 is 1.25 bits per heavy atom. The summed E-state index contributed by atoms with van der Waals surface area (Å²) in [5.41, 5.74) is 6.01. The molecule has 0 aromatic heterocycles. The number of aliphatic carboxylic acids is 1. The number of amides is 3. The van der Waals surface area contributed by atoms with Crippen molar-refractivity contribution >= 4 is 36.3 Å². The van der Waals surface area contributed by atoms with Gasteiger partial charge in [0, 0.05) is 12.3 Å². The summed E-state index contributed by atoms with van der Waals surface area (Å²) < 4.78 is 0. The Balaban J connectivity index is 2.78. The SMILES string of the molecule is CCC(C)C(N)C(=O)N1CCCC1C(=O)NC(CS)C(=O)NC(CO)C(=O)O. The molecule has 0 saturated carbocycles. The number of carbonyl (C=O) groups excluding carboxylic acids is 3. The monoisotopic (exact) mass is 418 g/mol. The molecule has 160 valence electrons. The fourth-order valence-electron chi connectivity index (χ4n) is 2.91. The van der Waals surface area contributed by atoms with Crippen molar-refractivity contribution in [1.82, 2.24) is 15.5 Å². The summed E-state index contributed by atoms with van der Waals surface area (Å²) in [7, 11) is 0. The molecule has 6 N–H and O–H groups in total. The quantitative estimate of drug-likeness (QED) is 0.231. The highest BCUT2D eigenvalue weighted by Crippen LogP contribution is 2.20. The van der Waals surface area contributed by atoms with E-state index in [9.17, 15) is 19.2 Å². The maximum atomic E-state index is 12.7. The second kappa shape index (κ2) is 11.2. The molecule has 1 saturated heterocycles. The lowest BCUT2D eigenvalue weighted by Gasteiger charge is -2.29. The number of thiol groups is 1. The smallest absolute Gasteiger partial charge is 0.328 e. The van der Waals surface area contributed by atoms with Crippen LogP contribution >= 0.6 is 12.6 Å². The first-order chi connectivity index (χ1) is 13.2. The van der Waals surface area contributed by atoms with Crippen molar-refractivity contribution in [2.75, 3.05) is 18.9 Å². The molecule has 28 heavy (non-hydrogen) atoms. The van der Waals surface area contributed by atoms with Crippen LogP contribution in [0.5, 0.6) is 0 Å². The third-order valence-electron chi connectivity index (χ3n) is 4.99. The molecule has 0 bridgehead atoms. The van der Waals surface area contributed by atoms with E-state index in [0.29, 0.717) is 19.4 Å². The minimum absolute atomic E-state index is 0.0285. The molecule has 1 aliphatic rings. The summed E-state index contributed by atoms with van der Waals surface area (Å²) in [5.74, 6) is -3.11. The van der Waals surface area contributed by atoms with E-state index in [0.717, 1.165) is 6.42 Å². The standard InChI is InChI=1S/C17H30N4O6S/c1-3-9(2)13(18)16(25)21-6-4-5-12(21)15(24)20-11(8-28)14(23)19-10(7-22)17(26)27/h9-13,22,28H,3-8,18H2,1-2H3,(H,19,23)(H,20,24)(H,26,27). The molecule has 0 aliphatic carbocycles. The van der Waals surface area contributed by atoms with E-state index >= 15 is 0 Å². The first-order valence-electron chi connectivity index (χ1n) is 9.29. The van der Waals surface area contributed by atoms with Gasteiger partial charge in [0.25, 0.3) is 0 Å². The van der Waals surface area contributed by atoms with Gasteiger partial charge < -0.3 is 31.5 Å². The van der Waals surface area contributed by atoms with Crippen LogP contribution in [0.15, 0.2) is 0 Å². The highest BCUT2D eigenvalue weighted by molar-refractivity contribution is 7.80. The minimum atomic E-state index is -1.48. The largest absolute Gasteiger partial charge is 0.480 e. The Hall–Kier alpha value is -1.85. The Morgan fingerprint density at radius 2 is 1.89 bits per heavy atom. The average molecular weight is 419 g/mol. The molecule has 11 heteroatoms. The summed E-state index contributed by atoms with van der Waals surface area (Å²) in [6.45, 7) is 3.42. The van der Waals surface area contributed by atoms with Gasteiger partial charge in [-0.2, -0.15) is 12.6 Å². The van der Waals surface area contributed by atoms with Crippen LogP contribution in [0.2, 0.25) is 0 Å². The molecule has 1 fully saturated rings. The van der Waals surface area contributed by atoms with Crippen LogP contribution in [-0.4, -0.2) is 81.9 Å². The van der Waals surface area contributed by atoms with Crippen molar-refractivity contribution in [2.24, 2.45) is 11.7 Å². The van der Waals surface area contributed by atoms with E-state index in [4.69, 9.17) is 15.9 Å². The first-order valence-corrected chi connectivity index (χ1v) is 9.92. The van der Waals surface area contributed by atoms with Gasteiger partial charge in [0.05, 0.1) is 12.6 Å². The van der Waals surface area contributed by atoms with Gasteiger partial charge in [-0.05, 0) is 18.8 Å². The number of rotatable bonds is 10. The zero-order valence-corrected chi connectivity index (χ0v) is 17.0. The number of aliphatic hydroxyl groups is 1. The zero-order chi connectivity index (χ0) is 21.4. The normalized spacial score (nSPS) is 20.8.